The molecule has 0 aliphatic carbocycles. The first kappa shape index (κ1) is 20.3. The molecule has 7 heteroatoms. The number of fused-ring (bicyclic) bond motifs is 1. The Morgan fingerprint density at radius 1 is 1.03 bits per heavy atom. The number of aryl methyl sites for hydroxylation is 3. The van der Waals surface area contributed by atoms with E-state index in [4.69, 9.17) is 5.41 Å². The van der Waals surface area contributed by atoms with Gasteiger partial charge in [0.25, 0.3) is 11.2 Å². The molecule has 0 fully saturated rings. The predicted octanol–water partition coefficient (Wildman–Crippen LogP) is 3.95. The zero-order valence-corrected chi connectivity index (χ0v) is 17.3. The van der Waals surface area contributed by atoms with Crippen LogP contribution in [-0.2, 0) is 20.0 Å². The monoisotopic (exact) mass is 414 g/mol. The van der Waals surface area contributed by atoms with Gasteiger partial charge in [0.15, 0.2) is 0 Å². The molecule has 0 amide bonds. The molecule has 0 aliphatic heterocycles. The Labute approximate surface area is 178 Å². The quantitative estimate of drug-likeness (QED) is 0.396. The van der Waals surface area contributed by atoms with Crippen LogP contribution >= 0.6 is 0 Å². The Hall–Kier alpha value is -4.00. The molecule has 2 heterocycles. The summed E-state index contributed by atoms with van der Waals surface area (Å²) in [6, 6.07) is 19.7. The second-order valence-electron chi connectivity index (χ2n) is 7.55. The molecule has 7 nitrogen and oxygen atoms in total. The van der Waals surface area contributed by atoms with Crippen LogP contribution in [0.5, 0.6) is 0 Å². The van der Waals surface area contributed by atoms with Crippen molar-refractivity contribution in [2.24, 2.45) is 7.05 Å². The number of pyridine rings is 2. The number of hydrogen-bond acceptors (Lipinski definition) is 4. The predicted molar refractivity (Wildman–Crippen MR) is 120 cm³/mol. The summed E-state index contributed by atoms with van der Waals surface area (Å²) in [5, 5.41) is 20.4. The van der Waals surface area contributed by atoms with Crippen LogP contribution < -0.4 is 11.0 Å². The summed E-state index contributed by atoms with van der Waals surface area (Å²) in [5.74, 6) is 0. The van der Waals surface area contributed by atoms with Gasteiger partial charge in [-0.1, -0.05) is 30.3 Å². The lowest BCUT2D eigenvalue weighted by Gasteiger charge is -2.17. The average Bonchev–Trinajstić information content (AvgIpc) is 2.78. The standard InChI is InChI=1S/C24H22N4O3/c1-16-14-22-21(24(29)26(16)2)15-20(18-8-10-19(11-9-18)28(30)31)23(25)27(22)13-12-17-6-4-3-5-7-17/h3-11,14-15,25H,12-13H2,1-2H3. The molecule has 31 heavy (non-hydrogen) atoms. The van der Waals surface area contributed by atoms with Gasteiger partial charge in [0, 0.05) is 37.0 Å². The van der Waals surface area contributed by atoms with Gasteiger partial charge in [-0.05, 0) is 48.7 Å². The number of aromatic nitrogens is 2. The van der Waals surface area contributed by atoms with E-state index in [0.717, 1.165) is 11.3 Å². The lowest BCUT2D eigenvalue weighted by Crippen LogP contribution is -2.28. The molecule has 0 aliphatic rings. The van der Waals surface area contributed by atoms with Gasteiger partial charge in [0.05, 0.1) is 15.8 Å². The first-order valence-corrected chi connectivity index (χ1v) is 9.94. The lowest BCUT2D eigenvalue weighted by molar-refractivity contribution is -0.384. The van der Waals surface area contributed by atoms with Gasteiger partial charge in [0.1, 0.15) is 5.49 Å². The molecule has 4 aromatic rings. The molecule has 156 valence electrons. The molecule has 2 aromatic heterocycles. The van der Waals surface area contributed by atoms with Crippen molar-refractivity contribution in [3.8, 4) is 11.1 Å². The number of hydrogen-bond donors (Lipinski definition) is 1. The first-order valence-electron chi connectivity index (χ1n) is 9.94. The minimum absolute atomic E-state index is 0.0143. The molecule has 0 unspecified atom stereocenters. The van der Waals surface area contributed by atoms with Gasteiger partial charge in [-0.2, -0.15) is 0 Å². The molecule has 0 spiro atoms. The van der Waals surface area contributed by atoms with Crippen LogP contribution in [-0.4, -0.2) is 14.1 Å². The van der Waals surface area contributed by atoms with E-state index in [1.807, 2.05) is 47.9 Å². The van der Waals surface area contributed by atoms with E-state index in [1.165, 1.54) is 12.1 Å². The molecule has 2 aromatic carbocycles. The van der Waals surface area contributed by atoms with Crippen molar-refractivity contribution in [1.29, 1.82) is 5.41 Å². The second kappa shape index (κ2) is 8.02. The molecule has 0 bridgehead atoms. The normalized spacial score (nSPS) is 11.0. The number of nitrogens with zero attached hydrogens (tertiary/aromatic N) is 3. The zero-order chi connectivity index (χ0) is 22.1. The van der Waals surface area contributed by atoms with E-state index in [-0.39, 0.29) is 16.7 Å². The topological polar surface area (TPSA) is 93.9 Å². The minimum atomic E-state index is -0.454. The smallest absolute Gasteiger partial charge is 0.269 e. The fourth-order valence-corrected chi connectivity index (χ4v) is 3.76. The van der Waals surface area contributed by atoms with Crippen molar-refractivity contribution >= 4 is 16.6 Å². The van der Waals surface area contributed by atoms with E-state index in [9.17, 15) is 14.9 Å². The van der Waals surface area contributed by atoms with Crippen molar-refractivity contribution in [2.45, 2.75) is 19.9 Å². The molecule has 4 rings (SSSR count). The van der Waals surface area contributed by atoms with Gasteiger partial charge < -0.3 is 9.13 Å². The summed E-state index contributed by atoms with van der Waals surface area (Å²) in [7, 11) is 1.73. The van der Waals surface area contributed by atoms with Crippen molar-refractivity contribution < 1.29 is 4.92 Å². The third kappa shape index (κ3) is 3.77. The van der Waals surface area contributed by atoms with Crippen molar-refractivity contribution in [3.05, 3.63) is 104 Å². The molecular weight excluding hydrogens is 392 g/mol. The molecule has 0 atom stereocenters. The largest absolute Gasteiger partial charge is 0.325 e. The summed E-state index contributed by atoms with van der Waals surface area (Å²) in [6.07, 6.45) is 0.713. The average molecular weight is 414 g/mol. The maximum absolute atomic E-state index is 13.0. The maximum atomic E-state index is 13.0. The minimum Gasteiger partial charge on any atom is -0.325 e. The summed E-state index contributed by atoms with van der Waals surface area (Å²) in [6.45, 7) is 2.41. The molecule has 0 radical (unpaired) electrons. The number of nitro benzene ring substituents is 1. The fraction of sp³-hybridized carbons (Fsp3) is 0.167. The molecular formula is C24H22N4O3. The number of benzene rings is 2. The van der Waals surface area contributed by atoms with Crippen LogP contribution in [0.25, 0.3) is 22.0 Å². The highest BCUT2D eigenvalue weighted by atomic mass is 16.6. The van der Waals surface area contributed by atoms with E-state index >= 15 is 0 Å². The Morgan fingerprint density at radius 2 is 1.71 bits per heavy atom. The van der Waals surface area contributed by atoms with Gasteiger partial charge in [0.2, 0.25) is 0 Å². The summed E-state index contributed by atoms with van der Waals surface area (Å²) < 4.78 is 3.45. The third-order valence-corrected chi connectivity index (χ3v) is 5.65. The summed E-state index contributed by atoms with van der Waals surface area (Å²) in [5.41, 5.74) is 4.02. The van der Waals surface area contributed by atoms with Crippen LogP contribution in [0.3, 0.4) is 0 Å². The highest BCUT2D eigenvalue weighted by molar-refractivity contribution is 5.83. The fourth-order valence-electron chi connectivity index (χ4n) is 3.76. The van der Waals surface area contributed by atoms with Crippen LogP contribution in [0.2, 0.25) is 0 Å². The lowest BCUT2D eigenvalue weighted by atomic mass is 10.0. The van der Waals surface area contributed by atoms with Crippen molar-refractivity contribution in [2.75, 3.05) is 0 Å². The van der Waals surface area contributed by atoms with Gasteiger partial charge in [-0.25, -0.2) is 0 Å². The maximum Gasteiger partial charge on any atom is 0.269 e. The first-order chi connectivity index (χ1) is 14.9. The van der Waals surface area contributed by atoms with E-state index in [2.05, 4.69) is 0 Å². The SMILES string of the molecule is Cc1cc2c(cc(-c3ccc([N+](=O)[O-])cc3)c(=N)n2CCc2ccccc2)c(=O)n1C. The second-order valence-corrected chi connectivity index (χ2v) is 7.55. The van der Waals surface area contributed by atoms with Crippen molar-refractivity contribution in [3.63, 3.8) is 0 Å². The summed E-state index contributed by atoms with van der Waals surface area (Å²) in [4.78, 5) is 23.6. The van der Waals surface area contributed by atoms with Crippen LogP contribution in [0.1, 0.15) is 11.3 Å². The van der Waals surface area contributed by atoms with Gasteiger partial charge >= 0.3 is 0 Å². The Morgan fingerprint density at radius 3 is 2.35 bits per heavy atom. The number of rotatable bonds is 5. The molecule has 0 saturated carbocycles. The van der Waals surface area contributed by atoms with Gasteiger partial charge in [-0.15, -0.1) is 0 Å². The highest BCUT2D eigenvalue weighted by Crippen LogP contribution is 2.23. The van der Waals surface area contributed by atoms with E-state index in [0.29, 0.717) is 35.0 Å². The Kier molecular flexibility index (Phi) is 5.25. The molecule has 0 saturated heterocycles. The number of nitro groups is 1. The van der Waals surface area contributed by atoms with Crippen LogP contribution in [0.4, 0.5) is 5.69 Å². The Balaban J connectivity index is 1.93. The van der Waals surface area contributed by atoms with Crippen molar-refractivity contribution in [1.82, 2.24) is 9.13 Å². The number of non-ortho nitro benzene ring substituents is 1. The van der Waals surface area contributed by atoms with Crippen LogP contribution in [0.15, 0.2) is 71.5 Å². The summed E-state index contributed by atoms with van der Waals surface area (Å²) >= 11 is 0. The van der Waals surface area contributed by atoms with E-state index in [1.54, 1.807) is 29.8 Å². The van der Waals surface area contributed by atoms with Gasteiger partial charge in [-0.3, -0.25) is 20.3 Å². The number of nitrogens with one attached hydrogen (secondary N) is 1. The molecule has 1 N–H and O–H groups in total. The van der Waals surface area contributed by atoms with E-state index < -0.39 is 4.92 Å². The third-order valence-electron chi connectivity index (χ3n) is 5.65. The van der Waals surface area contributed by atoms with Crippen LogP contribution in [0, 0.1) is 22.4 Å². The highest BCUT2D eigenvalue weighted by Gasteiger charge is 2.14. The zero-order valence-electron chi connectivity index (χ0n) is 17.3. The Bertz CT molecular complexity index is 1400.